The number of sulfonamides is 1. The van der Waals surface area contributed by atoms with Crippen LogP contribution >= 0.6 is 0 Å². The molecule has 0 aromatic heterocycles. The highest BCUT2D eigenvalue weighted by Crippen LogP contribution is 2.25. The number of halogens is 2. The predicted octanol–water partition coefficient (Wildman–Crippen LogP) is 1.70. The standard InChI is InChI=1S/C11H11F2N3O4S/c1-6(2)9(5-14)15-21(19,20)11-4-10(16(17)18)7(12)3-8(11)13/h3-4,6,9,15H,1-2H3. The molecule has 0 radical (unpaired) electrons. The molecule has 0 heterocycles. The molecule has 1 aromatic rings. The summed E-state index contributed by atoms with van der Waals surface area (Å²) in [6.07, 6.45) is 0. The highest BCUT2D eigenvalue weighted by molar-refractivity contribution is 7.89. The fraction of sp³-hybridized carbons (Fsp3) is 0.364. The average molecular weight is 319 g/mol. The molecule has 1 rings (SSSR count). The minimum atomic E-state index is -4.54. The molecule has 0 aliphatic rings. The largest absolute Gasteiger partial charge is 0.306 e. The van der Waals surface area contributed by atoms with Gasteiger partial charge in [0.05, 0.1) is 11.0 Å². The number of hydrogen-bond acceptors (Lipinski definition) is 5. The molecular formula is C11H11F2N3O4S. The molecule has 0 bridgehead atoms. The lowest BCUT2D eigenvalue weighted by atomic mass is 10.1. The van der Waals surface area contributed by atoms with E-state index >= 15 is 0 Å². The van der Waals surface area contributed by atoms with Crippen LogP contribution in [-0.2, 0) is 10.0 Å². The second-order valence-electron chi connectivity index (χ2n) is 4.46. The van der Waals surface area contributed by atoms with Gasteiger partial charge in [0, 0.05) is 12.1 Å². The van der Waals surface area contributed by atoms with Gasteiger partial charge < -0.3 is 0 Å². The zero-order valence-corrected chi connectivity index (χ0v) is 11.8. The molecule has 10 heteroatoms. The quantitative estimate of drug-likeness (QED) is 0.655. The number of nitrogens with zero attached hydrogens (tertiary/aromatic N) is 2. The molecule has 1 aromatic carbocycles. The van der Waals surface area contributed by atoms with Crippen molar-refractivity contribution in [3.05, 3.63) is 33.9 Å². The van der Waals surface area contributed by atoms with E-state index in [4.69, 9.17) is 5.26 Å². The zero-order chi connectivity index (χ0) is 16.4. The van der Waals surface area contributed by atoms with E-state index in [0.29, 0.717) is 0 Å². The molecule has 21 heavy (non-hydrogen) atoms. The maximum Gasteiger partial charge on any atom is 0.306 e. The second kappa shape index (κ2) is 6.11. The van der Waals surface area contributed by atoms with E-state index in [2.05, 4.69) is 0 Å². The van der Waals surface area contributed by atoms with Crippen molar-refractivity contribution in [2.24, 2.45) is 5.92 Å². The Hall–Kier alpha value is -2.12. The summed E-state index contributed by atoms with van der Waals surface area (Å²) in [6.45, 7) is 3.11. The fourth-order valence-electron chi connectivity index (χ4n) is 1.41. The lowest BCUT2D eigenvalue weighted by Gasteiger charge is -2.15. The lowest BCUT2D eigenvalue weighted by molar-refractivity contribution is -0.387. The Morgan fingerprint density at radius 3 is 2.33 bits per heavy atom. The molecule has 0 spiro atoms. The van der Waals surface area contributed by atoms with Gasteiger partial charge in [0.1, 0.15) is 16.8 Å². The molecule has 1 atom stereocenters. The van der Waals surface area contributed by atoms with Crippen LogP contribution in [0.5, 0.6) is 0 Å². The smallest absolute Gasteiger partial charge is 0.258 e. The topological polar surface area (TPSA) is 113 Å². The predicted molar refractivity (Wildman–Crippen MR) is 67.6 cm³/mol. The minimum Gasteiger partial charge on any atom is -0.258 e. The van der Waals surface area contributed by atoms with Gasteiger partial charge in [0.2, 0.25) is 15.8 Å². The first-order valence-electron chi connectivity index (χ1n) is 5.65. The summed E-state index contributed by atoms with van der Waals surface area (Å²) in [5.74, 6) is -3.38. The van der Waals surface area contributed by atoms with Crippen LogP contribution in [-0.4, -0.2) is 19.4 Å². The summed E-state index contributed by atoms with van der Waals surface area (Å²) in [5, 5.41) is 19.4. The molecule has 1 unspecified atom stereocenters. The van der Waals surface area contributed by atoms with Crippen LogP contribution in [0.1, 0.15) is 13.8 Å². The molecule has 0 aliphatic carbocycles. The van der Waals surface area contributed by atoms with E-state index in [0.717, 1.165) is 0 Å². The molecule has 0 saturated heterocycles. The first kappa shape index (κ1) is 16.9. The Morgan fingerprint density at radius 2 is 1.90 bits per heavy atom. The monoisotopic (exact) mass is 319 g/mol. The molecule has 0 saturated carbocycles. The zero-order valence-electron chi connectivity index (χ0n) is 11.0. The number of nitrogens with one attached hydrogen (secondary N) is 1. The van der Waals surface area contributed by atoms with Crippen molar-refractivity contribution < 1.29 is 22.1 Å². The molecule has 1 N–H and O–H groups in total. The van der Waals surface area contributed by atoms with Crippen molar-refractivity contribution in [1.29, 1.82) is 5.26 Å². The van der Waals surface area contributed by atoms with Gasteiger partial charge in [-0.05, 0) is 5.92 Å². The third kappa shape index (κ3) is 3.71. The number of rotatable bonds is 5. The van der Waals surface area contributed by atoms with Crippen LogP contribution in [0.15, 0.2) is 17.0 Å². The molecule has 0 amide bonds. The maximum atomic E-state index is 13.6. The highest BCUT2D eigenvalue weighted by atomic mass is 32.2. The first-order valence-corrected chi connectivity index (χ1v) is 7.14. The van der Waals surface area contributed by atoms with Gasteiger partial charge in [-0.15, -0.1) is 0 Å². The third-order valence-electron chi connectivity index (χ3n) is 2.58. The first-order chi connectivity index (χ1) is 9.60. The van der Waals surface area contributed by atoms with Crippen molar-refractivity contribution in [1.82, 2.24) is 4.72 Å². The van der Waals surface area contributed by atoms with Gasteiger partial charge in [0.25, 0.3) is 0 Å². The Morgan fingerprint density at radius 1 is 1.33 bits per heavy atom. The van der Waals surface area contributed by atoms with Crippen molar-refractivity contribution in [2.45, 2.75) is 24.8 Å². The van der Waals surface area contributed by atoms with E-state index in [1.54, 1.807) is 19.9 Å². The summed E-state index contributed by atoms with van der Waals surface area (Å²) in [6, 6.07) is 0.915. The molecule has 0 aliphatic heterocycles. The summed E-state index contributed by atoms with van der Waals surface area (Å²) in [7, 11) is -4.54. The van der Waals surface area contributed by atoms with Crippen molar-refractivity contribution in [3.8, 4) is 6.07 Å². The van der Waals surface area contributed by atoms with Crippen molar-refractivity contribution >= 4 is 15.7 Å². The third-order valence-corrected chi connectivity index (χ3v) is 4.03. The van der Waals surface area contributed by atoms with Crippen molar-refractivity contribution in [3.63, 3.8) is 0 Å². The van der Waals surface area contributed by atoms with Gasteiger partial charge in [0.15, 0.2) is 0 Å². The van der Waals surface area contributed by atoms with E-state index in [-0.39, 0.29) is 12.1 Å². The number of nitro benzene ring substituents is 1. The van der Waals surface area contributed by atoms with Crippen LogP contribution in [0.4, 0.5) is 14.5 Å². The average Bonchev–Trinajstić information content (AvgIpc) is 2.34. The van der Waals surface area contributed by atoms with Crippen LogP contribution in [0.25, 0.3) is 0 Å². The van der Waals surface area contributed by atoms with E-state index in [1.807, 2.05) is 4.72 Å². The number of hydrogen-bond donors (Lipinski definition) is 1. The maximum absolute atomic E-state index is 13.6. The van der Waals surface area contributed by atoms with Crippen molar-refractivity contribution in [2.75, 3.05) is 0 Å². The lowest BCUT2D eigenvalue weighted by Crippen LogP contribution is -2.37. The second-order valence-corrected chi connectivity index (χ2v) is 6.15. The van der Waals surface area contributed by atoms with Crippen LogP contribution in [0.3, 0.4) is 0 Å². The van der Waals surface area contributed by atoms with Gasteiger partial charge in [-0.3, -0.25) is 10.1 Å². The highest BCUT2D eigenvalue weighted by Gasteiger charge is 2.29. The van der Waals surface area contributed by atoms with Gasteiger partial charge in [-0.2, -0.15) is 14.4 Å². The molecule has 114 valence electrons. The van der Waals surface area contributed by atoms with E-state index in [9.17, 15) is 27.3 Å². The van der Waals surface area contributed by atoms with E-state index < -0.39 is 49.1 Å². The Bertz CT molecular complexity index is 713. The molecular weight excluding hydrogens is 308 g/mol. The van der Waals surface area contributed by atoms with Gasteiger partial charge >= 0.3 is 5.69 Å². The van der Waals surface area contributed by atoms with E-state index in [1.165, 1.54) is 0 Å². The van der Waals surface area contributed by atoms with Gasteiger partial charge in [-0.1, -0.05) is 13.8 Å². The number of nitriles is 1. The summed E-state index contributed by atoms with van der Waals surface area (Å²) in [4.78, 5) is 8.32. The fourth-order valence-corrected chi connectivity index (χ4v) is 2.77. The Kier molecular flexibility index (Phi) is 4.93. The summed E-state index contributed by atoms with van der Waals surface area (Å²) >= 11 is 0. The molecule has 0 fully saturated rings. The number of benzene rings is 1. The summed E-state index contributed by atoms with van der Waals surface area (Å²) in [5.41, 5.74) is -1.17. The molecule has 7 nitrogen and oxygen atoms in total. The van der Waals surface area contributed by atoms with Crippen LogP contribution in [0, 0.1) is 39.0 Å². The minimum absolute atomic E-state index is 0.115. The Labute approximate surface area is 119 Å². The normalized spacial score (nSPS) is 13.0. The summed E-state index contributed by atoms with van der Waals surface area (Å²) < 4.78 is 52.6. The van der Waals surface area contributed by atoms with Gasteiger partial charge in [-0.25, -0.2) is 12.8 Å². The Balaban J connectivity index is 3.36. The van der Waals surface area contributed by atoms with Crippen LogP contribution in [0.2, 0.25) is 0 Å². The number of nitro groups is 1. The van der Waals surface area contributed by atoms with Crippen LogP contribution < -0.4 is 4.72 Å². The SMILES string of the molecule is CC(C)C(C#N)NS(=O)(=O)c1cc([N+](=O)[O-])c(F)cc1F.